The normalized spacial score (nSPS) is 12.3. The Hall–Kier alpha value is -3.24. The van der Waals surface area contributed by atoms with E-state index in [1.165, 1.54) is 12.1 Å². The molecule has 0 saturated carbocycles. The average Bonchev–Trinajstić information content (AvgIpc) is 3.31. The fourth-order valence-electron chi connectivity index (χ4n) is 3.46. The summed E-state index contributed by atoms with van der Waals surface area (Å²) in [5.74, 6) is -0.457. The first-order chi connectivity index (χ1) is 16.8. The van der Waals surface area contributed by atoms with Gasteiger partial charge in [-0.25, -0.2) is 13.4 Å². The van der Waals surface area contributed by atoms with Crippen LogP contribution in [-0.4, -0.2) is 30.5 Å². The molecule has 4 aromatic rings. The molecule has 1 unspecified atom stereocenters. The van der Waals surface area contributed by atoms with E-state index < -0.39 is 22.0 Å². The van der Waals surface area contributed by atoms with Crippen molar-refractivity contribution in [2.45, 2.75) is 23.2 Å². The number of hydrogen-bond acceptors (Lipinski definition) is 6. The summed E-state index contributed by atoms with van der Waals surface area (Å²) in [4.78, 5) is 16.0. The van der Waals surface area contributed by atoms with Gasteiger partial charge >= 0.3 is 5.97 Å². The minimum Gasteiger partial charge on any atom is -0.480 e. The number of sulfonamides is 1. The number of pyridine rings is 1. The number of carboxylic acids is 1. The molecule has 2 aromatic heterocycles. The summed E-state index contributed by atoms with van der Waals surface area (Å²) in [5, 5.41) is 12.9. The van der Waals surface area contributed by atoms with Crippen LogP contribution in [0, 0.1) is 0 Å². The van der Waals surface area contributed by atoms with Gasteiger partial charge in [-0.15, -0.1) is 11.3 Å². The molecule has 180 valence electrons. The van der Waals surface area contributed by atoms with Gasteiger partial charge in [0.15, 0.2) is 0 Å². The summed E-state index contributed by atoms with van der Waals surface area (Å²) in [6.07, 6.45) is 1.74. The summed E-state index contributed by atoms with van der Waals surface area (Å²) in [5.41, 5.74) is 3.77. The summed E-state index contributed by atoms with van der Waals surface area (Å²) >= 11 is 6.69. The lowest BCUT2D eigenvalue weighted by molar-refractivity contribution is -0.138. The Bertz CT molecular complexity index is 1410. The SMILES string of the molecule is O=C(O)C(Cc1ccc(-c2cccc(CNc3ccccn3)c2)cc1)NS(=O)(=O)c1ccc(Cl)s1. The van der Waals surface area contributed by atoms with Gasteiger partial charge in [0.2, 0.25) is 0 Å². The highest BCUT2D eigenvalue weighted by atomic mass is 35.5. The molecule has 0 radical (unpaired) electrons. The van der Waals surface area contributed by atoms with Crippen molar-refractivity contribution in [3.63, 3.8) is 0 Å². The van der Waals surface area contributed by atoms with E-state index in [1.807, 2.05) is 48.5 Å². The standard InChI is InChI=1S/C25H22ClN3O4S2/c26-22-11-12-24(34-22)35(32,33)29-21(25(30)31)15-17-7-9-19(10-8-17)20-5-3-4-18(14-20)16-28-23-6-1-2-13-27-23/h1-14,21,29H,15-16H2,(H,27,28)(H,30,31). The molecule has 2 aromatic carbocycles. The Morgan fingerprint density at radius 2 is 1.77 bits per heavy atom. The van der Waals surface area contributed by atoms with E-state index in [0.717, 1.165) is 33.8 Å². The number of nitrogens with one attached hydrogen (secondary N) is 2. The molecule has 3 N–H and O–H groups in total. The summed E-state index contributed by atoms with van der Waals surface area (Å²) in [6, 6.07) is 22.7. The van der Waals surface area contributed by atoms with Crippen LogP contribution in [0.15, 0.2) is 89.3 Å². The molecule has 0 aliphatic rings. The van der Waals surface area contributed by atoms with Crippen LogP contribution in [0.5, 0.6) is 0 Å². The van der Waals surface area contributed by atoms with E-state index >= 15 is 0 Å². The summed E-state index contributed by atoms with van der Waals surface area (Å²) in [7, 11) is -3.99. The van der Waals surface area contributed by atoms with Gasteiger partial charge in [-0.2, -0.15) is 4.72 Å². The highest BCUT2D eigenvalue weighted by molar-refractivity contribution is 7.91. The van der Waals surface area contributed by atoms with Crippen LogP contribution in [-0.2, 0) is 27.8 Å². The maximum atomic E-state index is 12.5. The monoisotopic (exact) mass is 527 g/mol. The van der Waals surface area contributed by atoms with Gasteiger partial charge in [-0.3, -0.25) is 4.79 Å². The Morgan fingerprint density at radius 3 is 2.43 bits per heavy atom. The van der Waals surface area contributed by atoms with Crippen LogP contribution in [0.25, 0.3) is 11.1 Å². The van der Waals surface area contributed by atoms with Crippen molar-refractivity contribution in [2.24, 2.45) is 0 Å². The van der Waals surface area contributed by atoms with Gasteiger partial charge in [0.25, 0.3) is 10.0 Å². The van der Waals surface area contributed by atoms with Gasteiger partial charge in [0.05, 0.1) is 4.34 Å². The van der Waals surface area contributed by atoms with Crippen molar-refractivity contribution in [1.82, 2.24) is 9.71 Å². The van der Waals surface area contributed by atoms with Crippen molar-refractivity contribution in [2.75, 3.05) is 5.32 Å². The molecular formula is C25H22ClN3O4S2. The number of rotatable bonds is 10. The Labute approximate surface area is 212 Å². The number of carbonyl (C=O) groups is 1. The number of halogens is 1. The highest BCUT2D eigenvalue weighted by Gasteiger charge is 2.26. The average molecular weight is 528 g/mol. The Balaban J connectivity index is 1.43. The predicted molar refractivity (Wildman–Crippen MR) is 138 cm³/mol. The maximum absolute atomic E-state index is 12.5. The minimum atomic E-state index is -3.99. The minimum absolute atomic E-state index is 0.00197. The van der Waals surface area contributed by atoms with E-state index in [1.54, 1.807) is 18.3 Å². The number of hydrogen-bond donors (Lipinski definition) is 3. The van der Waals surface area contributed by atoms with E-state index in [0.29, 0.717) is 16.4 Å². The smallest absolute Gasteiger partial charge is 0.322 e. The summed E-state index contributed by atoms with van der Waals surface area (Å²) in [6.45, 7) is 0.624. The third-order valence-corrected chi connectivity index (χ3v) is 8.40. The second-order valence-electron chi connectivity index (χ2n) is 7.74. The fraction of sp³-hybridized carbons (Fsp3) is 0.120. The second kappa shape index (κ2) is 11.0. The second-order valence-corrected chi connectivity index (χ2v) is 11.4. The number of benzene rings is 2. The van der Waals surface area contributed by atoms with E-state index in [2.05, 4.69) is 21.1 Å². The lowest BCUT2D eigenvalue weighted by Crippen LogP contribution is -2.42. The first-order valence-corrected chi connectivity index (χ1v) is 13.3. The number of carboxylic acid groups (broad SMARTS) is 1. The summed E-state index contributed by atoms with van der Waals surface area (Å²) < 4.78 is 27.6. The van der Waals surface area contributed by atoms with E-state index in [-0.39, 0.29) is 10.6 Å². The van der Waals surface area contributed by atoms with Crippen LogP contribution in [0.3, 0.4) is 0 Å². The lowest BCUT2D eigenvalue weighted by atomic mass is 9.99. The predicted octanol–water partition coefficient (Wildman–Crippen LogP) is 5.05. The van der Waals surface area contributed by atoms with Crippen molar-refractivity contribution >= 4 is 44.7 Å². The Kier molecular flexibility index (Phi) is 7.82. The van der Waals surface area contributed by atoms with Crippen molar-refractivity contribution in [3.05, 3.63) is 101 Å². The van der Waals surface area contributed by atoms with Gasteiger partial charge in [0.1, 0.15) is 16.1 Å². The van der Waals surface area contributed by atoms with Crippen molar-refractivity contribution in [3.8, 4) is 11.1 Å². The molecule has 0 fully saturated rings. The Morgan fingerprint density at radius 1 is 0.971 bits per heavy atom. The first-order valence-electron chi connectivity index (χ1n) is 10.6. The highest BCUT2D eigenvalue weighted by Crippen LogP contribution is 2.26. The molecule has 4 rings (SSSR count). The number of nitrogens with zero attached hydrogens (tertiary/aromatic N) is 1. The van der Waals surface area contributed by atoms with E-state index in [9.17, 15) is 18.3 Å². The molecule has 35 heavy (non-hydrogen) atoms. The van der Waals surface area contributed by atoms with Crippen molar-refractivity contribution < 1.29 is 18.3 Å². The molecule has 2 heterocycles. The molecular weight excluding hydrogens is 506 g/mol. The van der Waals surface area contributed by atoms with Crippen LogP contribution in [0.1, 0.15) is 11.1 Å². The van der Waals surface area contributed by atoms with E-state index in [4.69, 9.17) is 11.6 Å². The van der Waals surface area contributed by atoms with Crippen LogP contribution in [0.2, 0.25) is 4.34 Å². The largest absolute Gasteiger partial charge is 0.480 e. The first kappa shape index (κ1) is 24.9. The molecule has 0 bridgehead atoms. The van der Waals surface area contributed by atoms with Gasteiger partial charge < -0.3 is 10.4 Å². The zero-order valence-corrected chi connectivity index (χ0v) is 20.8. The zero-order chi connectivity index (χ0) is 24.8. The third-order valence-electron chi connectivity index (χ3n) is 5.20. The maximum Gasteiger partial charge on any atom is 0.322 e. The molecule has 0 aliphatic carbocycles. The van der Waals surface area contributed by atoms with Gasteiger partial charge in [-0.05, 0) is 59.0 Å². The number of thiophene rings is 1. The molecule has 7 nitrogen and oxygen atoms in total. The molecule has 0 spiro atoms. The third kappa shape index (κ3) is 6.67. The number of aliphatic carboxylic acids is 1. The molecule has 0 saturated heterocycles. The molecule has 0 aliphatic heterocycles. The number of anilines is 1. The topological polar surface area (TPSA) is 108 Å². The quantitative estimate of drug-likeness (QED) is 0.266. The van der Waals surface area contributed by atoms with Crippen molar-refractivity contribution in [1.29, 1.82) is 0 Å². The van der Waals surface area contributed by atoms with Gasteiger partial charge in [-0.1, -0.05) is 60.1 Å². The van der Waals surface area contributed by atoms with Crippen LogP contribution in [0.4, 0.5) is 5.82 Å². The molecule has 10 heteroatoms. The zero-order valence-electron chi connectivity index (χ0n) is 18.4. The molecule has 0 amide bonds. The van der Waals surface area contributed by atoms with Crippen LogP contribution >= 0.6 is 22.9 Å². The molecule has 1 atom stereocenters. The van der Waals surface area contributed by atoms with Crippen LogP contribution < -0.4 is 10.0 Å². The fourth-order valence-corrected chi connectivity index (χ4v) is 6.15. The lowest BCUT2D eigenvalue weighted by Gasteiger charge is -2.14. The van der Waals surface area contributed by atoms with Gasteiger partial charge in [0, 0.05) is 12.7 Å². The number of aromatic nitrogens is 1.